The number of methoxy groups -OCH3 is 2. The van der Waals surface area contributed by atoms with Gasteiger partial charge in [-0.1, -0.05) is 6.07 Å². The van der Waals surface area contributed by atoms with Gasteiger partial charge >= 0.3 is 5.97 Å². The molecule has 0 fully saturated rings. The van der Waals surface area contributed by atoms with E-state index in [0.29, 0.717) is 6.42 Å². The summed E-state index contributed by atoms with van der Waals surface area (Å²) in [5.41, 5.74) is 3.98. The maximum absolute atomic E-state index is 11.5. The van der Waals surface area contributed by atoms with E-state index >= 15 is 0 Å². The second kappa shape index (κ2) is 4.00. The van der Waals surface area contributed by atoms with Crippen LogP contribution in [0, 0.1) is 0 Å². The van der Waals surface area contributed by atoms with Crippen LogP contribution in [0.5, 0.6) is 5.75 Å². The molecule has 16 heavy (non-hydrogen) atoms. The highest BCUT2D eigenvalue weighted by Crippen LogP contribution is 2.34. The molecule has 0 saturated heterocycles. The minimum absolute atomic E-state index is 0.243. The average Bonchev–Trinajstić information content (AvgIpc) is 2.65. The van der Waals surface area contributed by atoms with Gasteiger partial charge in [-0.15, -0.1) is 0 Å². The summed E-state index contributed by atoms with van der Waals surface area (Å²) in [5, 5.41) is 0. The van der Waals surface area contributed by atoms with Crippen LogP contribution in [0.2, 0.25) is 0 Å². The number of carbonyl (C=O) groups is 1. The Morgan fingerprint density at radius 3 is 2.69 bits per heavy atom. The van der Waals surface area contributed by atoms with Crippen LogP contribution in [0.1, 0.15) is 18.1 Å². The highest BCUT2D eigenvalue weighted by molar-refractivity contribution is 6.00. The Kier molecular flexibility index (Phi) is 2.69. The molecule has 1 aliphatic rings. The summed E-state index contributed by atoms with van der Waals surface area (Å²) in [4.78, 5) is 11.5. The highest BCUT2D eigenvalue weighted by atomic mass is 16.5. The van der Waals surface area contributed by atoms with Crippen LogP contribution in [0.4, 0.5) is 0 Å². The predicted molar refractivity (Wildman–Crippen MR) is 61.3 cm³/mol. The van der Waals surface area contributed by atoms with E-state index in [4.69, 9.17) is 9.47 Å². The van der Waals surface area contributed by atoms with E-state index in [1.54, 1.807) is 7.11 Å². The minimum atomic E-state index is -0.243. The maximum atomic E-state index is 11.5. The summed E-state index contributed by atoms with van der Waals surface area (Å²) in [7, 11) is 3.05. The summed E-state index contributed by atoms with van der Waals surface area (Å²) < 4.78 is 9.93. The lowest BCUT2D eigenvalue weighted by Crippen LogP contribution is -2.05. The zero-order chi connectivity index (χ0) is 11.7. The number of rotatable bonds is 2. The summed E-state index contributed by atoms with van der Waals surface area (Å²) in [5.74, 6) is 0.574. The molecule has 0 aliphatic heterocycles. The number of hydrogen-bond acceptors (Lipinski definition) is 3. The van der Waals surface area contributed by atoms with Crippen molar-refractivity contribution in [1.29, 1.82) is 0 Å². The van der Waals surface area contributed by atoms with Crippen LogP contribution in [0.3, 0.4) is 0 Å². The van der Waals surface area contributed by atoms with E-state index in [0.717, 1.165) is 28.0 Å². The number of benzene rings is 1. The van der Waals surface area contributed by atoms with E-state index in [-0.39, 0.29) is 5.97 Å². The molecule has 2 rings (SSSR count). The first-order valence-electron chi connectivity index (χ1n) is 5.12. The summed E-state index contributed by atoms with van der Waals surface area (Å²) in [6, 6.07) is 5.86. The SMILES string of the molecule is COC(=O)C1=C(C)c2ccc(OC)cc2C1. The van der Waals surface area contributed by atoms with Gasteiger partial charge in [0.15, 0.2) is 0 Å². The molecule has 0 atom stereocenters. The maximum Gasteiger partial charge on any atom is 0.334 e. The van der Waals surface area contributed by atoms with E-state index in [9.17, 15) is 4.79 Å². The molecule has 84 valence electrons. The molecule has 0 radical (unpaired) electrons. The molecule has 0 bridgehead atoms. The molecule has 0 N–H and O–H groups in total. The van der Waals surface area contributed by atoms with Gasteiger partial charge in [0, 0.05) is 12.0 Å². The largest absolute Gasteiger partial charge is 0.497 e. The Balaban J connectivity index is 2.40. The molecule has 3 heteroatoms. The molecule has 1 aromatic carbocycles. The van der Waals surface area contributed by atoms with Crippen molar-refractivity contribution in [3.8, 4) is 5.75 Å². The van der Waals surface area contributed by atoms with Crippen LogP contribution < -0.4 is 4.74 Å². The number of esters is 1. The first-order chi connectivity index (χ1) is 7.67. The van der Waals surface area contributed by atoms with Crippen LogP contribution >= 0.6 is 0 Å². The number of fused-ring (bicyclic) bond motifs is 1. The van der Waals surface area contributed by atoms with Gasteiger partial charge in [0.25, 0.3) is 0 Å². The van der Waals surface area contributed by atoms with Crippen LogP contribution in [0.25, 0.3) is 5.57 Å². The lowest BCUT2D eigenvalue weighted by atomic mass is 10.1. The van der Waals surface area contributed by atoms with Crippen molar-refractivity contribution in [3.05, 3.63) is 34.9 Å². The van der Waals surface area contributed by atoms with Gasteiger partial charge in [0.2, 0.25) is 0 Å². The number of hydrogen-bond donors (Lipinski definition) is 0. The normalized spacial score (nSPS) is 13.7. The quantitative estimate of drug-likeness (QED) is 0.714. The fourth-order valence-electron chi connectivity index (χ4n) is 2.04. The van der Waals surface area contributed by atoms with Crippen LogP contribution in [-0.4, -0.2) is 20.2 Å². The van der Waals surface area contributed by atoms with Crippen molar-refractivity contribution >= 4 is 11.5 Å². The monoisotopic (exact) mass is 218 g/mol. The highest BCUT2D eigenvalue weighted by Gasteiger charge is 2.24. The average molecular weight is 218 g/mol. The molecule has 0 amide bonds. The predicted octanol–water partition coefficient (Wildman–Crippen LogP) is 2.20. The molecule has 0 aromatic heterocycles. The zero-order valence-corrected chi connectivity index (χ0v) is 9.66. The van der Waals surface area contributed by atoms with Crippen LogP contribution in [-0.2, 0) is 16.0 Å². The number of ether oxygens (including phenoxy) is 2. The van der Waals surface area contributed by atoms with Gasteiger partial charge in [-0.3, -0.25) is 0 Å². The Morgan fingerprint density at radius 2 is 2.06 bits per heavy atom. The zero-order valence-electron chi connectivity index (χ0n) is 9.66. The summed E-state index contributed by atoms with van der Waals surface area (Å²) in [6.45, 7) is 1.95. The van der Waals surface area contributed by atoms with Crippen molar-refractivity contribution in [2.45, 2.75) is 13.3 Å². The molecular weight excluding hydrogens is 204 g/mol. The van der Waals surface area contributed by atoms with Crippen molar-refractivity contribution in [3.63, 3.8) is 0 Å². The molecule has 1 aliphatic carbocycles. The molecule has 1 aromatic rings. The third-order valence-electron chi connectivity index (χ3n) is 2.97. The molecular formula is C13H14O3. The standard InChI is InChI=1S/C13H14O3/c1-8-11-5-4-10(15-2)6-9(11)7-12(8)13(14)16-3/h4-6H,7H2,1-3H3. The second-order valence-corrected chi connectivity index (χ2v) is 3.79. The third-order valence-corrected chi connectivity index (χ3v) is 2.97. The van der Waals surface area contributed by atoms with E-state index in [2.05, 4.69) is 0 Å². The fourth-order valence-corrected chi connectivity index (χ4v) is 2.04. The summed E-state index contributed by atoms with van der Waals surface area (Å²) in [6.07, 6.45) is 0.630. The first kappa shape index (κ1) is 10.7. The Morgan fingerprint density at radius 1 is 1.31 bits per heavy atom. The van der Waals surface area contributed by atoms with Gasteiger partial charge in [-0.2, -0.15) is 0 Å². The van der Waals surface area contributed by atoms with E-state index in [1.807, 2.05) is 25.1 Å². The lowest BCUT2D eigenvalue weighted by molar-refractivity contribution is -0.136. The minimum Gasteiger partial charge on any atom is -0.497 e. The van der Waals surface area contributed by atoms with Crippen molar-refractivity contribution in [2.24, 2.45) is 0 Å². The van der Waals surface area contributed by atoms with Gasteiger partial charge in [0.05, 0.1) is 14.2 Å². The molecule has 3 nitrogen and oxygen atoms in total. The lowest BCUT2D eigenvalue weighted by Gasteiger charge is -2.03. The Labute approximate surface area is 94.7 Å². The topological polar surface area (TPSA) is 35.5 Å². The van der Waals surface area contributed by atoms with Gasteiger partial charge in [-0.05, 0) is 35.8 Å². The Hall–Kier alpha value is -1.77. The first-order valence-corrected chi connectivity index (χ1v) is 5.12. The molecule has 0 heterocycles. The number of carbonyl (C=O) groups excluding carboxylic acids is 1. The smallest absolute Gasteiger partial charge is 0.334 e. The van der Waals surface area contributed by atoms with Gasteiger partial charge in [-0.25, -0.2) is 4.79 Å². The van der Waals surface area contributed by atoms with Crippen molar-refractivity contribution in [1.82, 2.24) is 0 Å². The molecule has 0 spiro atoms. The van der Waals surface area contributed by atoms with Crippen LogP contribution in [0.15, 0.2) is 23.8 Å². The van der Waals surface area contributed by atoms with E-state index < -0.39 is 0 Å². The van der Waals surface area contributed by atoms with Crippen molar-refractivity contribution < 1.29 is 14.3 Å². The van der Waals surface area contributed by atoms with E-state index in [1.165, 1.54) is 7.11 Å². The van der Waals surface area contributed by atoms with Crippen molar-refractivity contribution in [2.75, 3.05) is 14.2 Å². The van der Waals surface area contributed by atoms with Gasteiger partial charge in [0.1, 0.15) is 5.75 Å². The molecule has 0 unspecified atom stereocenters. The van der Waals surface area contributed by atoms with Gasteiger partial charge < -0.3 is 9.47 Å². The second-order valence-electron chi connectivity index (χ2n) is 3.79. The summed E-state index contributed by atoms with van der Waals surface area (Å²) >= 11 is 0. The third kappa shape index (κ3) is 1.58. The number of allylic oxidation sites excluding steroid dienone is 1. The molecule has 0 saturated carbocycles. The Bertz CT molecular complexity index is 472. The fraction of sp³-hybridized carbons (Fsp3) is 0.308.